The van der Waals surface area contributed by atoms with Crippen molar-refractivity contribution in [3.05, 3.63) is 12.2 Å². The highest BCUT2D eigenvalue weighted by Crippen LogP contribution is 2.18. The normalized spacial score (nSPS) is 13.2. The number of ether oxygens (including phenoxy) is 1. The Hall–Kier alpha value is -1.40. The minimum absolute atomic E-state index is 0.0735. The molecule has 0 saturated carbocycles. The van der Waals surface area contributed by atoms with Gasteiger partial charge in [-0.1, -0.05) is 238 Å². The molecule has 1 amide bonds. The second-order valence-electron chi connectivity index (χ2n) is 18.3. The molecule has 3 atom stereocenters. The number of hydrogen-bond acceptors (Lipinski definition) is 5. The fourth-order valence-corrected chi connectivity index (χ4v) is 8.31. The molecule has 0 aliphatic rings. The second-order valence-corrected chi connectivity index (χ2v) is 18.3. The lowest BCUT2D eigenvalue weighted by atomic mass is 10.0. The molecule has 0 bridgehead atoms. The number of allylic oxidation sites excluding steroid dienone is 2. The molecule has 0 aliphatic carbocycles. The van der Waals surface area contributed by atoms with Crippen LogP contribution in [0, 0.1) is 0 Å². The first kappa shape index (κ1) is 57.6. The van der Waals surface area contributed by atoms with Crippen LogP contribution in [0.5, 0.6) is 0 Å². The number of hydrogen-bond donors (Lipinski definition) is 3. The van der Waals surface area contributed by atoms with Crippen molar-refractivity contribution in [2.75, 3.05) is 6.61 Å². The highest BCUT2D eigenvalue weighted by atomic mass is 16.5. The average molecular weight is 834 g/mol. The molecule has 59 heavy (non-hydrogen) atoms. The summed E-state index contributed by atoms with van der Waals surface area (Å²) in [5.74, 6) is -0.474. The predicted octanol–water partition coefficient (Wildman–Crippen LogP) is 15.7. The van der Waals surface area contributed by atoms with E-state index >= 15 is 0 Å². The zero-order valence-corrected chi connectivity index (χ0v) is 39.9. The molecule has 0 fully saturated rings. The molecule has 3 unspecified atom stereocenters. The molecule has 0 aromatic heterocycles. The van der Waals surface area contributed by atoms with Crippen LogP contribution in [-0.4, -0.2) is 46.9 Å². The standard InChI is InChI=1S/C53H103NO5/c1-4-7-10-13-16-19-22-24-26-27-28-30-33-36-39-42-45-51(56)50(48-55)54-52(57)47-49(44-41-38-35-32-21-18-15-12-9-6-3)59-53(58)46-43-40-37-34-31-29-25-23-20-17-14-11-8-5-2/h18,21,49-51,55-56H,4-17,19-20,22-48H2,1-3H3,(H,54,57)/b21-18-. The van der Waals surface area contributed by atoms with Crippen molar-refractivity contribution in [3.63, 3.8) is 0 Å². The van der Waals surface area contributed by atoms with Gasteiger partial charge < -0.3 is 20.3 Å². The van der Waals surface area contributed by atoms with Crippen LogP contribution in [0.2, 0.25) is 0 Å². The van der Waals surface area contributed by atoms with Gasteiger partial charge in [0.2, 0.25) is 5.91 Å². The largest absolute Gasteiger partial charge is 0.462 e. The van der Waals surface area contributed by atoms with Crippen LogP contribution in [-0.2, 0) is 14.3 Å². The van der Waals surface area contributed by atoms with Crippen molar-refractivity contribution >= 4 is 11.9 Å². The average Bonchev–Trinajstić information content (AvgIpc) is 3.23. The summed E-state index contributed by atoms with van der Waals surface area (Å²) < 4.78 is 5.92. The van der Waals surface area contributed by atoms with Crippen molar-refractivity contribution in [3.8, 4) is 0 Å². The lowest BCUT2D eigenvalue weighted by Crippen LogP contribution is -2.46. The Kier molecular flexibility index (Phi) is 46.5. The van der Waals surface area contributed by atoms with Gasteiger partial charge in [0.25, 0.3) is 0 Å². The molecule has 350 valence electrons. The van der Waals surface area contributed by atoms with Gasteiger partial charge in [0.15, 0.2) is 0 Å². The number of carbonyl (C=O) groups excluding carboxylic acids is 2. The SMILES string of the molecule is CCCCC/C=C\CCCCCC(CC(=O)NC(CO)C(O)CCCCCCCCCCCCCCCCCC)OC(=O)CCCCCCCCCCCCCCCC. The van der Waals surface area contributed by atoms with Crippen LogP contribution in [0.25, 0.3) is 0 Å². The van der Waals surface area contributed by atoms with E-state index in [9.17, 15) is 19.8 Å². The Labute approximate surface area is 368 Å². The van der Waals surface area contributed by atoms with Crippen molar-refractivity contribution in [2.24, 2.45) is 0 Å². The number of unbranched alkanes of at least 4 members (excludes halogenated alkanes) is 34. The number of esters is 1. The molecule has 0 spiro atoms. The van der Waals surface area contributed by atoms with E-state index in [4.69, 9.17) is 4.74 Å². The Morgan fingerprint density at radius 1 is 0.475 bits per heavy atom. The van der Waals surface area contributed by atoms with Gasteiger partial charge in [-0.3, -0.25) is 9.59 Å². The quantitative estimate of drug-likeness (QED) is 0.0322. The predicted molar refractivity (Wildman–Crippen MR) is 255 cm³/mol. The van der Waals surface area contributed by atoms with Gasteiger partial charge in [-0.25, -0.2) is 0 Å². The summed E-state index contributed by atoms with van der Waals surface area (Å²) in [6.45, 7) is 6.48. The second kappa shape index (κ2) is 47.6. The minimum Gasteiger partial charge on any atom is -0.462 e. The van der Waals surface area contributed by atoms with Crippen molar-refractivity contribution < 1.29 is 24.5 Å². The van der Waals surface area contributed by atoms with E-state index in [1.807, 2.05) is 0 Å². The van der Waals surface area contributed by atoms with Crippen LogP contribution in [0.4, 0.5) is 0 Å². The molecule has 0 saturated heterocycles. The van der Waals surface area contributed by atoms with E-state index in [2.05, 4.69) is 38.2 Å². The van der Waals surface area contributed by atoms with Gasteiger partial charge >= 0.3 is 5.97 Å². The van der Waals surface area contributed by atoms with E-state index in [1.165, 1.54) is 180 Å². The number of aliphatic hydroxyl groups is 2. The zero-order valence-electron chi connectivity index (χ0n) is 39.9. The molecule has 0 aromatic carbocycles. The third kappa shape index (κ3) is 43.1. The summed E-state index contributed by atoms with van der Waals surface area (Å²) in [4.78, 5) is 26.1. The molecular weight excluding hydrogens is 731 g/mol. The van der Waals surface area contributed by atoms with Crippen LogP contribution in [0.1, 0.15) is 290 Å². The van der Waals surface area contributed by atoms with Crippen molar-refractivity contribution in [1.82, 2.24) is 5.32 Å². The number of carbonyl (C=O) groups is 2. The maximum atomic E-state index is 13.2. The third-order valence-corrected chi connectivity index (χ3v) is 12.3. The number of amides is 1. The molecule has 0 heterocycles. The van der Waals surface area contributed by atoms with Gasteiger partial charge in [0, 0.05) is 6.42 Å². The van der Waals surface area contributed by atoms with Crippen molar-refractivity contribution in [1.29, 1.82) is 0 Å². The molecule has 3 N–H and O–H groups in total. The highest BCUT2D eigenvalue weighted by molar-refractivity contribution is 5.77. The van der Waals surface area contributed by atoms with E-state index in [0.29, 0.717) is 19.3 Å². The van der Waals surface area contributed by atoms with Crippen LogP contribution in [0.15, 0.2) is 12.2 Å². The van der Waals surface area contributed by atoms with E-state index in [-0.39, 0.29) is 24.9 Å². The van der Waals surface area contributed by atoms with E-state index in [1.54, 1.807) is 0 Å². The molecule has 0 rings (SSSR count). The highest BCUT2D eigenvalue weighted by Gasteiger charge is 2.24. The summed E-state index contributed by atoms with van der Waals surface area (Å²) in [5.41, 5.74) is 0. The topological polar surface area (TPSA) is 95.9 Å². The number of nitrogens with one attached hydrogen (secondary N) is 1. The molecule has 0 radical (unpaired) electrons. The van der Waals surface area contributed by atoms with Crippen LogP contribution < -0.4 is 5.32 Å². The minimum atomic E-state index is -0.785. The zero-order chi connectivity index (χ0) is 43.1. The van der Waals surface area contributed by atoms with E-state index in [0.717, 1.165) is 64.2 Å². The van der Waals surface area contributed by atoms with Crippen LogP contribution in [0.3, 0.4) is 0 Å². The first-order chi connectivity index (χ1) is 29.0. The molecule has 6 heteroatoms. The maximum absolute atomic E-state index is 13.2. The molecular formula is C53H103NO5. The lowest BCUT2D eigenvalue weighted by molar-refractivity contribution is -0.151. The number of aliphatic hydroxyl groups excluding tert-OH is 2. The lowest BCUT2D eigenvalue weighted by Gasteiger charge is -2.24. The van der Waals surface area contributed by atoms with Gasteiger partial charge in [-0.05, 0) is 51.4 Å². The van der Waals surface area contributed by atoms with Gasteiger partial charge in [-0.15, -0.1) is 0 Å². The Morgan fingerprint density at radius 2 is 0.814 bits per heavy atom. The summed E-state index contributed by atoms with van der Waals surface area (Å²) in [6.07, 6.45) is 52.8. The summed E-state index contributed by atoms with van der Waals surface area (Å²) in [6, 6.07) is -0.699. The summed E-state index contributed by atoms with van der Waals surface area (Å²) >= 11 is 0. The Morgan fingerprint density at radius 3 is 1.24 bits per heavy atom. The van der Waals surface area contributed by atoms with E-state index < -0.39 is 18.2 Å². The van der Waals surface area contributed by atoms with Crippen molar-refractivity contribution in [2.45, 2.75) is 309 Å². The monoisotopic (exact) mass is 834 g/mol. The first-order valence-corrected chi connectivity index (χ1v) is 26.4. The molecule has 0 aromatic rings. The summed E-state index contributed by atoms with van der Waals surface area (Å²) in [5, 5.41) is 23.8. The Bertz CT molecular complexity index is 893. The smallest absolute Gasteiger partial charge is 0.306 e. The Balaban J connectivity index is 4.43. The molecule has 6 nitrogen and oxygen atoms in total. The van der Waals surface area contributed by atoms with Gasteiger partial charge in [0.05, 0.1) is 25.2 Å². The van der Waals surface area contributed by atoms with Gasteiger partial charge in [-0.2, -0.15) is 0 Å². The third-order valence-electron chi connectivity index (χ3n) is 12.3. The molecule has 0 aliphatic heterocycles. The number of rotatable bonds is 48. The first-order valence-electron chi connectivity index (χ1n) is 26.4. The summed E-state index contributed by atoms with van der Waals surface area (Å²) in [7, 11) is 0. The fraction of sp³-hybridized carbons (Fsp3) is 0.925. The fourth-order valence-electron chi connectivity index (χ4n) is 8.31. The van der Waals surface area contributed by atoms with Crippen LogP contribution >= 0.6 is 0 Å². The van der Waals surface area contributed by atoms with Gasteiger partial charge in [0.1, 0.15) is 6.10 Å². The maximum Gasteiger partial charge on any atom is 0.306 e.